The Balaban J connectivity index is 1.46. The molecule has 2 amide bonds. The highest BCUT2D eigenvalue weighted by Gasteiger charge is 2.16. The summed E-state index contributed by atoms with van der Waals surface area (Å²) in [6, 6.07) is 11.3. The predicted molar refractivity (Wildman–Crippen MR) is 101 cm³/mol. The molecule has 132 valence electrons. The third-order valence-electron chi connectivity index (χ3n) is 4.71. The molecule has 1 aliphatic carbocycles. The zero-order chi connectivity index (χ0) is 18.1. The number of aryl methyl sites for hydroxylation is 2. The number of amides is 2. The van der Waals surface area contributed by atoms with E-state index in [-0.39, 0.29) is 18.2 Å². The summed E-state index contributed by atoms with van der Waals surface area (Å²) >= 11 is 0. The zero-order valence-electron chi connectivity index (χ0n) is 14.6. The molecule has 2 N–H and O–H groups in total. The van der Waals surface area contributed by atoms with Crippen LogP contribution in [0.3, 0.4) is 0 Å². The highest BCUT2D eigenvalue weighted by Crippen LogP contribution is 2.30. The first kappa shape index (κ1) is 16.4. The lowest BCUT2D eigenvalue weighted by molar-refractivity contribution is -0.116. The van der Waals surface area contributed by atoms with E-state index in [4.69, 9.17) is 4.42 Å². The largest absolute Gasteiger partial charge is 0.464 e. The monoisotopic (exact) mass is 348 g/mol. The van der Waals surface area contributed by atoms with Crippen molar-refractivity contribution in [3.63, 3.8) is 0 Å². The van der Waals surface area contributed by atoms with Crippen molar-refractivity contribution in [2.45, 2.75) is 32.6 Å². The van der Waals surface area contributed by atoms with Gasteiger partial charge in [0.2, 0.25) is 11.8 Å². The van der Waals surface area contributed by atoms with Crippen molar-refractivity contribution in [1.82, 2.24) is 0 Å². The van der Waals surface area contributed by atoms with Crippen LogP contribution in [0.25, 0.3) is 11.0 Å². The van der Waals surface area contributed by atoms with Gasteiger partial charge in [-0.3, -0.25) is 9.59 Å². The number of furan rings is 1. The van der Waals surface area contributed by atoms with Crippen LogP contribution in [-0.4, -0.2) is 11.8 Å². The normalized spacial score (nSPS) is 12.8. The van der Waals surface area contributed by atoms with Gasteiger partial charge >= 0.3 is 0 Å². The van der Waals surface area contributed by atoms with Crippen LogP contribution in [-0.2, 0) is 28.9 Å². The quantitative estimate of drug-likeness (QED) is 0.747. The molecule has 3 aromatic rings. The molecular weight excluding hydrogens is 328 g/mol. The number of nitrogens with one attached hydrogen (secondary N) is 2. The van der Waals surface area contributed by atoms with Crippen molar-refractivity contribution in [1.29, 1.82) is 0 Å². The molecule has 2 aromatic carbocycles. The van der Waals surface area contributed by atoms with Gasteiger partial charge in [0, 0.05) is 29.2 Å². The Morgan fingerprint density at radius 2 is 1.65 bits per heavy atom. The van der Waals surface area contributed by atoms with Crippen LogP contribution in [0.4, 0.5) is 11.4 Å². The van der Waals surface area contributed by atoms with Crippen LogP contribution >= 0.6 is 0 Å². The number of fused-ring (bicyclic) bond motifs is 2. The second kappa shape index (κ2) is 6.67. The first-order valence-corrected chi connectivity index (χ1v) is 8.78. The summed E-state index contributed by atoms with van der Waals surface area (Å²) in [6.45, 7) is 1.46. The minimum absolute atomic E-state index is 0.0968. The van der Waals surface area contributed by atoms with E-state index >= 15 is 0 Å². The Hall–Kier alpha value is -3.08. The lowest BCUT2D eigenvalue weighted by atomic mass is 10.0. The van der Waals surface area contributed by atoms with Crippen molar-refractivity contribution >= 4 is 34.2 Å². The van der Waals surface area contributed by atoms with Gasteiger partial charge in [-0.25, -0.2) is 0 Å². The van der Waals surface area contributed by atoms with Crippen molar-refractivity contribution in [2.24, 2.45) is 0 Å². The molecule has 1 aliphatic rings. The maximum atomic E-state index is 12.4. The van der Waals surface area contributed by atoms with Crippen LogP contribution in [0.2, 0.25) is 0 Å². The van der Waals surface area contributed by atoms with Crippen LogP contribution in [0.15, 0.2) is 47.1 Å². The number of carbonyl (C=O) groups excluding carboxylic acids is 2. The van der Waals surface area contributed by atoms with E-state index < -0.39 is 0 Å². The predicted octanol–water partition coefficient (Wildman–Crippen LogP) is 4.06. The molecule has 0 saturated carbocycles. The number of benzene rings is 2. The Bertz CT molecular complexity index is 986. The summed E-state index contributed by atoms with van der Waals surface area (Å²) in [5.41, 5.74) is 5.88. The van der Waals surface area contributed by atoms with Gasteiger partial charge in [-0.2, -0.15) is 0 Å². The molecule has 0 spiro atoms. The lowest BCUT2D eigenvalue weighted by Gasteiger charge is -2.07. The Kier molecular flexibility index (Phi) is 4.21. The van der Waals surface area contributed by atoms with Crippen molar-refractivity contribution in [2.75, 3.05) is 10.6 Å². The fourth-order valence-corrected chi connectivity index (χ4v) is 3.50. The molecule has 5 nitrogen and oxygen atoms in total. The fourth-order valence-electron chi connectivity index (χ4n) is 3.50. The maximum absolute atomic E-state index is 12.4. The Labute approximate surface area is 151 Å². The summed E-state index contributed by atoms with van der Waals surface area (Å²) in [4.78, 5) is 23.4. The molecule has 1 aromatic heterocycles. The lowest BCUT2D eigenvalue weighted by Crippen LogP contribution is -2.14. The van der Waals surface area contributed by atoms with E-state index in [2.05, 4.69) is 22.8 Å². The molecule has 1 heterocycles. The van der Waals surface area contributed by atoms with Gasteiger partial charge in [0.25, 0.3) is 0 Å². The molecule has 0 radical (unpaired) electrons. The first-order chi connectivity index (χ1) is 12.6. The van der Waals surface area contributed by atoms with Crippen LogP contribution in [0, 0.1) is 0 Å². The van der Waals surface area contributed by atoms with Gasteiger partial charge in [-0.15, -0.1) is 0 Å². The minimum Gasteiger partial charge on any atom is -0.464 e. The third kappa shape index (κ3) is 3.33. The SMILES string of the molecule is CC(=O)Nc1ccc(NC(=O)Cc2coc3cc4c(cc23)CCC4)cc1. The topological polar surface area (TPSA) is 71.3 Å². The van der Waals surface area contributed by atoms with E-state index in [1.807, 2.05) is 0 Å². The summed E-state index contributed by atoms with van der Waals surface area (Å²) in [5.74, 6) is -0.222. The number of carbonyl (C=O) groups is 2. The second-order valence-electron chi connectivity index (χ2n) is 6.72. The van der Waals surface area contributed by atoms with E-state index in [0.29, 0.717) is 11.4 Å². The summed E-state index contributed by atoms with van der Waals surface area (Å²) in [6.07, 6.45) is 5.34. The molecule has 0 atom stereocenters. The molecule has 0 bridgehead atoms. The van der Waals surface area contributed by atoms with Gasteiger partial charge in [-0.05, 0) is 66.8 Å². The fraction of sp³-hybridized carbons (Fsp3) is 0.238. The molecule has 0 unspecified atom stereocenters. The maximum Gasteiger partial charge on any atom is 0.228 e. The van der Waals surface area contributed by atoms with Crippen LogP contribution < -0.4 is 10.6 Å². The molecule has 0 saturated heterocycles. The van der Waals surface area contributed by atoms with Gasteiger partial charge in [0.05, 0.1) is 12.7 Å². The third-order valence-corrected chi connectivity index (χ3v) is 4.71. The Morgan fingerprint density at radius 3 is 2.35 bits per heavy atom. The number of hydrogen-bond acceptors (Lipinski definition) is 3. The van der Waals surface area contributed by atoms with E-state index in [1.54, 1.807) is 30.5 Å². The molecule has 4 rings (SSSR count). The summed E-state index contributed by atoms with van der Waals surface area (Å²) < 4.78 is 5.66. The minimum atomic E-state index is -0.125. The van der Waals surface area contributed by atoms with Gasteiger partial charge in [-0.1, -0.05) is 0 Å². The number of hydrogen-bond donors (Lipinski definition) is 2. The van der Waals surface area contributed by atoms with Crippen molar-refractivity contribution in [3.05, 3.63) is 59.4 Å². The van der Waals surface area contributed by atoms with E-state index in [9.17, 15) is 9.59 Å². The van der Waals surface area contributed by atoms with Crippen LogP contribution in [0.1, 0.15) is 30.0 Å². The molecule has 0 aliphatic heterocycles. The van der Waals surface area contributed by atoms with Gasteiger partial charge in [0.1, 0.15) is 5.58 Å². The number of rotatable bonds is 4. The van der Waals surface area contributed by atoms with Crippen LogP contribution in [0.5, 0.6) is 0 Å². The van der Waals surface area contributed by atoms with E-state index in [0.717, 1.165) is 29.4 Å². The second-order valence-corrected chi connectivity index (χ2v) is 6.72. The van der Waals surface area contributed by atoms with Gasteiger partial charge in [0.15, 0.2) is 0 Å². The number of anilines is 2. The highest BCUT2D eigenvalue weighted by molar-refractivity contribution is 5.96. The molecule has 26 heavy (non-hydrogen) atoms. The van der Waals surface area contributed by atoms with Crippen molar-refractivity contribution in [3.8, 4) is 0 Å². The average molecular weight is 348 g/mol. The molecular formula is C21H20N2O3. The highest BCUT2D eigenvalue weighted by atomic mass is 16.3. The Morgan fingerprint density at radius 1 is 1.00 bits per heavy atom. The van der Waals surface area contributed by atoms with Gasteiger partial charge < -0.3 is 15.1 Å². The average Bonchev–Trinajstić information content (AvgIpc) is 3.21. The molecule has 0 fully saturated rings. The smallest absolute Gasteiger partial charge is 0.228 e. The van der Waals surface area contributed by atoms with Crippen molar-refractivity contribution < 1.29 is 14.0 Å². The molecule has 5 heteroatoms. The zero-order valence-corrected chi connectivity index (χ0v) is 14.6. The first-order valence-electron chi connectivity index (χ1n) is 8.78. The van der Waals surface area contributed by atoms with E-state index in [1.165, 1.54) is 24.5 Å². The summed E-state index contributed by atoms with van der Waals surface area (Å²) in [7, 11) is 0. The summed E-state index contributed by atoms with van der Waals surface area (Å²) in [5, 5.41) is 6.61. The standard InChI is InChI=1S/C21H20N2O3/c1-13(24)22-17-5-7-18(8-6-17)23-21(25)11-16-12-26-20-10-15-4-2-3-14(15)9-19(16)20/h5-10,12H,2-4,11H2,1H3,(H,22,24)(H,23,25).